The molecule has 1 aromatic carbocycles. The van der Waals surface area contributed by atoms with E-state index in [0.29, 0.717) is 38.8 Å². The van der Waals surface area contributed by atoms with E-state index in [4.69, 9.17) is 28.8 Å². The summed E-state index contributed by atoms with van der Waals surface area (Å²) in [6.45, 7) is 19.9. The van der Waals surface area contributed by atoms with E-state index in [0.717, 1.165) is 42.9 Å². The Morgan fingerprint density at radius 3 is 2.22 bits per heavy atom. The van der Waals surface area contributed by atoms with E-state index in [-0.39, 0.29) is 43.9 Å². The molecule has 20 nitrogen and oxygen atoms in total. The molecule has 6 N–H and O–H groups in total. The molecule has 6 rings (SSSR count). The normalized spacial score (nSPS) is 37.7. The monoisotopic (exact) mass is 1070 g/mol. The number of benzene rings is 1. The fourth-order valence-corrected chi connectivity index (χ4v) is 12.4. The van der Waals surface area contributed by atoms with Crippen LogP contribution >= 0.6 is 0 Å². The number of methoxy groups -OCH3 is 1. The Morgan fingerprint density at radius 1 is 0.868 bits per heavy atom. The third-order valence-corrected chi connectivity index (χ3v) is 17.2. The van der Waals surface area contributed by atoms with Crippen molar-refractivity contribution in [3.8, 4) is 5.69 Å². The summed E-state index contributed by atoms with van der Waals surface area (Å²) in [7, 11) is 5.36. The molecule has 0 bridgehead atoms. The van der Waals surface area contributed by atoms with Crippen molar-refractivity contribution in [3.63, 3.8) is 0 Å². The standard InChI is InChI=1S/C56H94N8O12/c1-14-46-56(10,71)49(67)38(6)62(12)31-34(2)29-54(8,70)51(36(4)47(37(5)52(69)75-46)45-30-55(9,72-13)50(68)39(7)74-45)76-53-48(66)44(28-35(3)73-53)61(11)26-24-42-32-63(59-57-42)25-16-15-18-40-20-22-43(23-21-40)64-33-41(58-60-64)19-17-27-65/h20-23,32-39,44-51,53,65-68,70-71H,14-19,24-31H2,1-13H3/t34-,35-,36+,37-,38-,39+,44+,45?,46-,47+,48-,49-,50+,51-,53+,54-,55-,56-/m1/s1. The van der Waals surface area contributed by atoms with Crippen LogP contribution in [0.4, 0.5) is 0 Å². The van der Waals surface area contributed by atoms with E-state index in [2.05, 4.69) is 37.7 Å². The van der Waals surface area contributed by atoms with E-state index in [1.807, 2.05) is 82.8 Å². The first kappa shape index (κ1) is 61.7. The third kappa shape index (κ3) is 14.8. The summed E-state index contributed by atoms with van der Waals surface area (Å²) in [6.07, 6.45) is 1.39. The van der Waals surface area contributed by atoms with Gasteiger partial charge in [-0.25, -0.2) is 4.68 Å². The lowest BCUT2D eigenvalue weighted by molar-refractivity contribution is -0.302. The van der Waals surface area contributed by atoms with Crippen molar-refractivity contribution in [1.29, 1.82) is 0 Å². The van der Waals surface area contributed by atoms with Gasteiger partial charge in [0, 0.05) is 70.4 Å². The van der Waals surface area contributed by atoms with Crippen molar-refractivity contribution in [2.45, 2.75) is 224 Å². The zero-order valence-electron chi connectivity index (χ0n) is 47.7. The molecule has 5 heterocycles. The molecule has 3 saturated heterocycles. The van der Waals surface area contributed by atoms with Gasteiger partial charge >= 0.3 is 5.97 Å². The second-order valence-corrected chi connectivity index (χ2v) is 23.6. The van der Waals surface area contributed by atoms with Gasteiger partial charge in [0.15, 0.2) is 6.29 Å². The molecule has 0 saturated carbocycles. The smallest absolute Gasteiger partial charge is 0.309 e. The average Bonchev–Trinajstić information content (AvgIpc) is 4.06. The lowest BCUT2D eigenvalue weighted by Gasteiger charge is -2.51. The number of aliphatic hydroxyl groups excluding tert-OH is 4. The molecule has 0 aliphatic carbocycles. The van der Waals surface area contributed by atoms with E-state index in [1.165, 1.54) is 19.6 Å². The fourth-order valence-electron chi connectivity index (χ4n) is 12.4. The Bertz CT molecular complexity index is 2250. The lowest BCUT2D eigenvalue weighted by Crippen LogP contribution is -2.62. The van der Waals surface area contributed by atoms with Crippen molar-refractivity contribution in [2.75, 3.05) is 40.9 Å². The summed E-state index contributed by atoms with van der Waals surface area (Å²) >= 11 is 0. The van der Waals surface area contributed by atoms with Crippen LogP contribution in [-0.2, 0) is 54.3 Å². The summed E-state index contributed by atoms with van der Waals surface area (Å²) in [4.78, 5) is 18.7. The molecule has 0 radical (unpaired) electrons. The van der Waals surface area contributed by atoms with Crippen molar-refractivity contribution >= 4 is 5.97 Å². The maximum atomic E-state index is 14.6. The first-order valence-electron chi connectivity index (χ1n) is 28.0. The van der Waals surface area contributed by atoms with Crippen LogP contribution in [0.2, 0.25) is 0 Å². The number of ether oxygens (including phenoxy) is 5. The third-order valence-electron chi connectivity index (χ3n) is 17.2. The predicted molar refractivity (Wildman–Crippen MR) is 285 cm³/mol. The second-order valence-electron chi connectivity index (χ2n) is 23.6. The molecule has 3 aliphatic heterocycles. The summed E-state index contributed by atoms with van der Waals surface area (Å²) in [6, 6.07) is 7.38. The average molecular weight is 1070 g/mol. The van der Waals surface area contributed by atoms with Crippen LogP contribution in [0.1, 0.15) is 131 Å². The lowest BCUT2D eigenvalue weighted by atomic mass is 9.68. The number of carbonyl (C=O) groups excluding carboxylic acids is 1. The van der Waals surface area contributed by atoms with Gasteiger partial charge in [-0.05, 0) is 137 Å². The van der Waals surface area contributed by atoms with Gasteiger partial charge in [0.25, 0.3) is 0 Å². The van der Waals surface area contributed by atoms with Crippen LogP contribution in [0, 0.1) is 23.7 Å². The molecular weight excluding hydrogens is 977 g/mol. The Morgan fingerprint density at radius 2 is 1.55 bits per heavy atom. The molecule has 76 heavy (non-hydrogen) atoms. The van der Waals surface area contributed by atoms with Gasteiger partial charge in [0.05, 0.1) is 64.8 Å². The number of cyclic esters (lactones) is 1. The Balaban J connectivity index is 1.16. The number of aromatic nitrogens is 6. The number of nitrogens with zero attached hydrogens (tertiary/aromatic N) is 8. The first-order chi connectivity index (χ1) is 35.8. The largest absolute Gasteiger partial charge is 0.459 e. The molecule has 3 aromatic rings. The predicted octanol–water partition coefficient (Wildman–Crippen LogP) is 3.91. The number of esters is 1. The molecule has 2 aromatic heterocycles. The highest BCUT2D eigenvalue weighted by Crippen LogP contribution is 2.45. The summed E-state index contributed by atoms with van der Waals surface area (Å²) in [5.41, 5.74) is -0.579. The highest BCUT2D eigenvalue weighted by atomic mass is 16.7. The number of likely N-dealkylation sites (N-methyl/N-ethyl adjacent to an activating group) is 2. The SMILES string of the molecule is CC[C@H]1OC(=O)[C@H](C)[C@@H](C2C[C@@](C)(OC)[C@@H](O)[C@H](C)O2)[C@H](C)[C@@H](O[C@@H]2O[C@H](C)C[C@H](N(C)CCc3cn(CCCCc4ccc(-n5cc(CCCO)nn5)cc4)nn3)[C@H]2O)[C@](C)(O)C[C@@H](C)CN(C)[C@H](C)[C@@H](O)[C@]1(C)O. The van der Waals surface area contributed by atoms with Crippen LogP contribution in [0.5, 0.6) is 0 Å². The Kier molecular flexibility index (Phi) is 21.6. The number of carbonyl (C=O) groups is 1. The van der Waals surface area contributed by atoms with E-state index in [1.54, 1.807) is 32.4 Å². The summed E-state index contributed by atoms with van der Waals surface area (Å²) in [5.74, 6) is -3.11. The molecule has 1 unspecified atom stereocenters. The number of rotatable bonds is 18. The minimum atomic E-state index is -1.81. The van der Waals surface area contributed by atoms with Gasteiger partial charge in [-0.2, -0.15) is 0 Å². The Labute approximate surface area is 451 Å². The van der Waals surface area contributed by atoms with Crippen LogP contribution < -0.4 is 0 Å². The van der Waals surface area contributed by atoms with E-state index in [9.17, 15) is 30.3 Å². The van der Waals surface area contributed by atoms with E-state index < -0.39 is 95.6 Å². The maximum absolute atomic E-state index is 14.6. The zero-order valence-corrected chi connectivity index (χ0v) is 47.7. The number of aryl methyl sites for hydroxylation is 3. The zero-order chi connectivity index (χ0) is 55.9. The number of hydrogen-bond acceptors (Lipinski definition) is 18. The minimum absolute atomic E-state index is 0.128. The second kappa shape index (κ2) is 26.6. The quantitative estimate of drug-likeness (QED) is 0.0780. The number of unbranched alkanes of at least 4 members (excludes halogenated alkanes) is 1. The molecule has 3 aliphatic rings. The molecule has 18 atom stereocenters. The molecule has 20 heteroatoms. The van der Waals surface area contributed by atoms with Crippen LogP contribution in [0.25, 0.3) is 5.69 Å². The van der Waals surface area contributed by atoms with Crippen molar-refractivity contribution < 1.29 is 59.1 Å². The molecule has 0 spiro atoms. The highest BCUT2D eigenvalue weighted by molar-refractivity contribution is 5.73. The molecule has 430 valence electrons. The molecule has 3 fully saturated rings. The molecular formula is C56H94N8O12. The van der Waals surface area contributed by atoms with Gasteiger partial charge in [0.1, 0.15) is 30.0 Å². The molecule has 0 amide bonds. The summed E-state index contributed by atoms with van der Waals surface area (Å²) in [5, 5.41) is 86.7. The van der Waals surface area contributed by atoms with Gasteiger partial charge in [-0.1, -0.05) is 50.3 Å². The fraction of sp³-hybridized carbons (Fsp3) is 0.804. The van der Waals surface area contributed by atoms with E-state index >= 15 is 0 Å². The van der Waals surface area contributed by atoms with Crippen molar-refractivity contribution in [3.05, 3.63) is 53.6 Å². The van der Waals surface area contributed by atoms with Crippen LogP contribution in [0.3, 0.4) is 0 Å². The minimum Gasteiger partial charge on any atom is -0.459 e. The first-order valence-corrected chi connectivity index (χ1v) is 28.0. The summed E-state index contributed by atoms with van der Waals surface area (Å²) < 4.78 is 35.9. The van der Waals surface area contributed by atoms with Gasteiger partial charge < -0.3 is 64.1 Å². The Hall–Kier alpha value is -3.51. The van der Waals surface area contributed by atoms with Gasteiger partial charge in [0.2, 0.25) is 0 Å². The maximum Gasteiger partial charge on any atom is 0.309 e. The van der Waals surface area contributed by atoms with Crippen molar-refractivity contribution in [2.24, 2.45) is 23.7 Å². The van der Waals surface area contributed by atoms with Crippen LogP contribution in [0.15, 0.2) is 36.7 Å². The number of aliphatic hydroxyl groups is 6. The number of hydrogen-bond donors (Lipinski definition) is 6. The van der Waals surface area contributed by atoms with Gasteiger partial charge in [-0.3, -0.25) is 9.48 Å². The highest BCUT2D eigenvalue weighted by Gasteiger charge is 2.55. The van der Waals surface area contributed by atoms with Gasteiger partial charge in [-0.15, -0.1) is 10.2 Å². The van der Waals surface area contributed by atoms with Crippen molar-refractivity contribution in [1.82, 2.24) is 39.8 Å². The topological polar surface area (TPSA) is 252 Å². The van der Waals surface area contributed by atoms with Crippen LogP contribution in [-0.4, -0.2) is 201 Å².